The lowest BCUT2D eigenvalue weighted by molar-refractivity contribution is 0.105. The van der Waals surface area contributed by atoms with Crippen LogP contribution in [0.2, 0.25) is 5.02 Å². The van der Waals surface area contributed by atoms with Crippen molar-refractivity contribution in [2.45, 2.75) is 38.8 Å². The molecular weight excluding hydrogens is 272 g/mol. The van der Waals surface area contributed by atoms with Gasteiger partial charge in [-0.05, 0) is 31.0 Å². The molecule has 0 aromatic heterocycles. The monoisotopic (exact) mass is 296 g/mol. The number of nitrogens with zero attached hydrogens (tertiary/aromatic N) is 1. The molecule has 0 aliphatic carbocycles. The summed E-state index contributed by atoms with van der Waals surface area (Å²) >= 11 is 5.96. The Morgan fingerprint density at radius 1 is 1.35 bits per heavy atom. The van der Waals surface area contributed by atoms with Gasteiger partial charge in [0, 0.05) is 36.7 Å². The predicted molar refractivity (Wildman–Crippen MR) is 84.7 cm³/mol. The van der Waals surface area contributed by atoms with Crippen LogP contribution < -0.4 is 10.1 Å². The first-order chi connectivity index (χ1) is 9.72. The SMILES string of the molecule is CCC1CN(CCOc2cccc(Cl)c2)C(CC)CN1. The Labute approximate surface area is 127 Å². The Hall–Kier alpha value is -0.770. The molecular formula is C16H25ClN2O. The standard InChI is InChI=1S/C16H25ClN2O/c1-3-14-12-19(15(4-2)11-18-14)8-9-20-16-7-5-6-13(17)10-16/h5-7,10,14-15,18H,3-4,8-9,11-12H2,1-2H3. The van der Waals surface area contributed by atoms with Gasteiger partial charge in [0.1, 0.15) is 12.4 Å². The second-order valence-corrected chi connectivity index (χ2v) is 5.81. The largest absolute Gasteiger partial charge is 0.492 e. The minimum absolute atomic E-state index is 0.615. The molecule has 3 nitrogen and oxygen atoms in total. The van der Waals surface area contributed by atoms with Gasteiger partial charge in [0.05, 0.1) is 0 Å². The summed E-state index contributed by atoms with van der Waals surface area (Å²) in [7, 11) is 0. The van der Waals surface area contributed by atoms with Crippen molar-refractivity contribution in [2.24, 2.45) is 0 Å². The van der Waals surface area contributed by atoms with E-state index in [-0.39, 0.29) is 0 Å². The summed E-state index contributed by atoms with van der Waals surface area (Å²) in [5.41, 5.74) is 0. The van der Waals surface area contributed by atoms with Crippen LogP contribution >= 0.6 is 11.6 Å². The Morgan fingerprint density at radius 3 is 2.90 bits per heavy atom. The molecule has 0 spiro atoms. The maximum Gasteiger partial charge on any atom is 0.120 e. The molecule has 0 amide bonds. The zero-order chi connectivity index (χ0) is 14.4. The topological polar surface area (TPSA) is 24.5 Å². The highest BCUT2D eigenvalue weighted by atomic mass is 35.5. The van der Waals surface area contributed by atoms with E-state index < -0.39 is 0 Å². The second kappa shape index (κ2) is 7.87. The third-order valence-electron chi connectivity index (χ3n) is 4.02. The Bertz CT molecular complexity index is 413. The number of halogens is 1. The molecule has 1 aliphatic rings. The molecule has 112 valence electrons. The number of rotatable bonds is 6. The first-order valence-corrected chi connectivity index (χ1v) is 7.96. The summed E-state index contributed by atoms with van der Waals surface area (Å²) in [5.74, 6) is 0.854. The van der Waals surface area contributed by atoms with E-state index in [1.807, 2.05) is 24.3 Å². The van der Waals surface area contributed by atoms with Gasteiger partial charge in [-0.1, -0.05) is 31.5 Å². The number of ether oxygens (including phenoxy) is 1. The van der Waals surface area contributed by atoms with Crippen LogP contribution in [0.1, 0.15) is 26.7 Å². The summed E-state index contributed by atoms with van der Waals surface area (Å²) in [5, 5.41) is 4.34. The summed E-state index contributed by atoms with van der Waals surface area (Å²) < 4.78 is 5.80. The Kier molecular flexibility index (Phi) is 6.14. The van der Waals surface area contributed by atoms with Crippen LogP contribution in [0.25, 0.3) is 0 Å². The molecule has 20 heavy (non-hydrogen) atoms. The van der Waals surface area contributed by atoms with Crippen molar-refractivity contribution < 1.29 is 4.74 Å². The smallest absolute Gasteiger partial charge is 0.120 e. The molecule has 1 aliphatic heterocycles. The zero-order valence-corrected chi connectivity index (χ0v) is 13.2. The highest BCUT2D eigenvalue weighted by molar-refractivity contribution is 6.30. The van der Waals surface area contributed by atoms with Crippen molar-refractivity contribution in [3.8, 4) is 5.75 Å². The van der Waals surface area contributed by atoms with Gasteiger partial charge < -0.3 is 10.1 Å². The number of hydrogen-bond acceptors (Lipinski definition) is 3. The van der Waals surface area contributed by atoms with E-state index >= 15 is 0 Å². The molecule has 0 bridgehead atoms. The molecule has 2 unspecified atom stereocenters. The average molecular weight is 297 g/mol. The maximum absolute atomic E-state index is 5.96. The van der Waals surface area contributed by atoms with Crippen molar-refractivity contribution in [1.82, 2.24) is 10.2 Å². The Morgan fingerprint density at radius 2 is 2.20 bits per heavy atom. The van der Waals surface area contributed by atoms with Crippen LogP contribution in [0.4, 0.5) is 0 Å². The van der Waals surface area contributed by atoms with Crippen molar-refractivity contribution in [3.63, 3.8) is 0 Å². The van der Waals surface area contributed by atoms with Gasteiger partial charge in [-0.25, -0.2) is 0 Å². The van der Waals surface area contributed by atoms with E-state index in [1.54, 1.807) is 0 Å². The van der Waals surface area contributed by atoms with Gasteiger partial charge in [-0.15, -0.1) is 0 Å². The number of hydrogen-bond donors (Lipinski definition) is 1. The third kappa shape index (κ3) is 4.37. The predicted octanol–water partition coefficient (Wildman–Crippen LogP) is 3.18. The van der Waals surface area contributed by atoms with Crippen LogP contribution in [0.3, 0.4) is 0 Å². The molecule has 0 radical (unpaired) electrons. The van der Waals surface area contributed by atoms with Crippen LogP contribution in [0.15, 0.2) is 24.3 Å². The van der Waals surface area contributed by atoms with Crippen molar-refractivity contribution in [3.05, 3.63) is 29.3 Å². The van der Waals surface area contributed by atoms with Gasteiger partial charge in [0.25, 0.3) is 0 Å². The van der Waals surface area contributed by atoms with Crippen LogP contribution in [0, 0.1) is 0 Å². The molecule has 1 N–H and O–H groups in total. The van der Waals surface area contributed by atoms with E-state index in [0.29, 0.717) is 18.7 Å². The first-order valence-electron chi connectivity index (χ1n) is 7.58. The third-order valence-corrected chi connectivity index (χ3v) is 4.26. The Balaban J connectivity index is 1.81. The van der Waals surface area contributed by atoms with Crippen molar-refractivity contribution in [2.75, 3.05) is 26.2 Å². The summed E-state index contributed by atoms with van der Waals surface area (Å²) in [6.45, 7) is 8.39. The van der Waals surface area contributed by atoms with Gasteiger partial charge in [0.15, 0.2) is 0 Å². The quantitative estimate of drug-likeness (QED) is 0.872. The normalized spacial score (nSPS) is 23.8. The van der Waals surface area contributed by atoms with Gasteiger partial charge in [-0.2, -0.15) is 0 Å². The van der Waals surface area contributed by atoms with Crippen molar-refractivity contribution >= 4 is 11.6 Å². The van der Waals surface area contributed by atoms with E-state index in [0.717, 1.165) is 30.4 Å². The van der Waals surface area contributed by atoms with Crippen LogP contribution in [-0.2, 0) is 0 Å². The van der Waals surface area contributed by atoms with Gasteiger partial charge >= 0.3 is 0 Å². The molecule has 1 fully saturated rings. The lowest BCUT2D eigenvalue weighted by atomic mass is 10.1. The van der Waals surface area contributed by atoms with Crippen molar-refractivity contribution in [1.29, 1.82) is 0 Å². The first kappa shape index (κ1) is 15.6. The minimum Gasteiger partial charge on any atom is -0.492 e. The molecule has 0 saturated carbocycles. The molecule has 1 heterocycles. The molecule has 4 heteroatoms. The zero-order valence-electron chi connectivity index (χ0n) is 12.4. The van der Waals surface area contributed by atoms with Gasteiger partial charge in [0.2, 0.25) is 0 Å². The van der Waals surface area contributed by atoms with E-state index in [2.05, 4.69) is 24.1 Å². The lowest BCUT2D eigenvalue weighted by Gasteiger charge is -2.39. The van der Waals surface area contributed by atoms with E-state index in [1.165, 1.54) is 12.8 Å². The molecule has 2 atom stereocenters. The van der Waals surface area contributed by atoms with E-state index in [9.17, 15) is 0 Å². The fourth-order valence-electron chi connectivity index (χ4n) is 2.72. The number of nitrogens with one attached hydrogen (secondary N) is 1. The number of benzene rings is 1. The summed E-state index contributed by atoms with van der Waals surface area (Å²) in [6.07, 6.45) is 2.36. The highest BCUT2D eigenvalue weighted by Crippen LogP contribution is 2.17. The maximum atomic E-state index is 5.96. The molecule has 1 saturated heterocycles. The number of piperazine rings is 1. The average Bonchev–Trinajstić information content (AvgIpc) is 2.47. The summed E-state index contributed by atoms with van der Waals surface area (Å²) in [6, 6.07) is 8.85. The van der Waals surface area contributed by atoms with Crippen LogP contribution in [-0.4, -0.2) is 43.2 Å². The minimum atomic E-state index is 0.615. The molecule has 1 aromatic rings. The highest BCUT2D eigenvalue weighted by Gasteiger charge is 2.25. The molecule has 1 aromatic carbocycles. The fraction of sp³-hybridized carbons (Fsp3) is 0.625. The lowest BCUT2D eigenvalue weighted by Crippen LogP contribution is -2.56. The van der Waals surface area contributed by atoms with Crippen LogP contribution in [0.5, 0.6) is 5.75 Å². The van der Waals surface area contributed by atoms with E-state index in [4.69, 9.17) is 16.3 Å². The second-order valence-electron chi connectivity index (χ2n) is 5.38. The fourth-order valence-corrected chi connectivity index (χ4v) is 2.90. The van der Waals surface area contributed by atoms with Gasteiger partial charge in [-0.3, -0.25) is 4.90 Å². The molecule has 2 rings (SSSR count). The summed E-state index contributed by atoms with van der Waals surface area (Å²) in [4.78, 5) is 2.55.